The topological polar surface area (TPSA) is 127 Å². The first-order valence-corrected chi connectivity index (χ1v) is 14.1. The highest BCUT2D eigenvalue weighted by atomic mass is 16.5. The number of nitrogens with one attached hydrogen (secondary N) is 1. The molecule has 2 aromatic carbocycles. The fourth-order valence-electron chi connectivity index (χ4n) is 4.77. The van der Waals surface area contributed by atoms with Crippen molar-refractivity contribution in [2.45, 2.75) is 65.5 Å². The quantitative estimate of drug-likeness (QED) is 0.231. The Morgan fingerprint density at radius 1 is 1.02 bits per heavy atom. The van der Waals surface area contributed by atoms with Gasteiger partial charge < -0.3 is 30.4 Å². The van der Waals surface area contributed by atoms with Crippen LogP contribution in [0.5, 0.6) is 11.5 Å². The summed E-state index contributed by atoms with van der Waals surface area (Å²) in [6, 6.07) is 14.4. The number of nitriles is 1. The summed E-state index contributed by atoms with van der Waals surface area (Å²) in [6.45, 7) is 9.41. The van der Waals surface area contributed by atoms with Gasteiger partial charge in [-0.2, -0.15) is 5.26 Å². The van der Waals surface area contributed by atoms with Crippen LogP contribution >= 0.6 is 0 Å². The number of anilines is 1. The summed E-state index contributed by atoms with van der Waals surface area (Å²) in [5.41, 5.74) is 8.70. The molecule has 0 aliphatic heterocycles. The molecule has 0 aromatic heterocycles. The molecule has 0 radical (unpaired) electrons. The van der Waals surface area contributed by atoms with Crippen molar-refractivity contribution in [3.8, 4) is 17.6 Å². The average molecular weight is 554 g/mol. The zero-order valence-corrected chi connectivity index (χ0v) is 24.9. The van der Waals surface area contributed by atoms with Gasteiger partial charge in [0, 0.05) is 37.8 Å². The number of hydrogen-bond donors (Lipinski definition) is 3. The zero-order valence-electron chi connectivity index (χ0n) is 24.9. The second kappa shape index (κ2) is 16.9. The van der Waals surface area contributed by atoms with E-state index in [2.05, 4.69) is 25.2 Å². The number of rotatable bonds is 17. The molecule has 4 N–H and O–H groups in total. The summed E-state index contributed by atoms with van der Waals surface area (Å²) < 4.78 is 16.5. The Balaban J connectivity index is 2.05. The number of nitrogens with zero attached hydrogens (tertiary/aromatic N) is 1. The largest absolute Gasteiger partial charge is 0.493 e. The summed E-state index contributed by atoms with van der Waals surface area (Å²) in [6.07, 6.45) is 1.61. The molecule has 1 amide bonds. The summed E-state index contributed by atoms with van der Waals surface area (Å²) in [5, 5.41) is 23.1. The van der Waals surface area contributed by atoms with Crippen LogP contribution in [-0.4, -0.2) is 50.6 Å². The van der Waals surface area contributed by atoms with E-state index in [9.17, 15) is 9.90 Å². The van der Waals surface area contributed by atoms with Crippen LogP contribution in [-0.2, 0) is 16.0 Å². The number of aliphatic hydroxyl groups excluding tert-OH is 1. The average Bonchev–Trinajstić information content (AvgIpc) is 2.93. The molecule has 8 nitrogen and oxygen atoms in total. The summed E-state index contributed by atoms with van der Waals surface area (Å²) >= 11 is 0. The van der Waals surface area contributed by atoms with Crippen molar-refractivity contribution >= 4 is 11.6 Å². The highest BCUT2D eigenvalue weighted by Crippen LogP contribution is 2.32. The van der Waals surface area contributed by atoms with Crippen LogP contribution < -0.4 is 20.5 Å². The standard InChI is InChI=1S/C32H47N3O5/c1-21(2)25(15-23-11-12-30(39-6)31(17-23)40-14-8-13-38-5)18-28(34)29(36)19-27(22(3)4)32(37)35-26-10-7-9-24(16-26)20-33/h7,9-12,16-17,21-22,25,27-29,36H,8,13-15,18-19,34H2,1-6H3,(H,35,37). The minimum atomic E-state index is -0.833. The SMILES string of the molecule is COCCCOc1cc(CC(CC(N)C(O)CC(C(=O)Nc2cccc(C#N)c2)C(C)C)C(C)C)ccc1OC. The summed E-state index contributed by atoms with van der Waals surface area (Å²) in [5.74, 6) is 1.34. The van der Waals surface area contributed by atoms with Crippen molar-refractivity contribution in [2.75, 3.05) is 32.8 Å². The number of benzene rings is 2. The molecule has 40 heavy (non-hydrogen) atoms. The Morgan fingerprint density at radius 2 is 1.77 bits per heavy atom. The van der Waals surface area contributed by atoms with Crippen molar-refractivity contribution in [3.63, 3.8) is 0 Å². The normalized spacial score (nSPS) is 14.3. The third-order valence-corrected chi connectivity index (χ3v) is 7.38. The number of aliphatic hydroxyl groups is 1. The molecule has 2 aromatic rings. The number of nitrogens with two attached hydrogens (primary N) is 1. The molecule has 0 spiro atoms. The molecule has 220 valence electrons. The molecule has 0 bridgehead atoms. The predicted octanol–water partition coefficient (Wildman–Crippen LogP) is 5.18. The van der Waals surface area contributed by atoms with Crippen LogP contribution in [0, 0.1) is 35.0 Å². The van der Waals surface area contributed by atoms with Crippen molar-refractivity contribution in [2.24, 2.45) is 29.4 Å². The molecule has 4 unspecified atom stereocenters. The van der Waals surface area contributed by atoms with E-state index >= 15 is 0 Å². The van der Waals surface area contributed by atoms with Crippen molar-refractivity contribution in [3.05, 3.63) is 53.6 Å². The molecule has 2 rings (SSSR count). The molecule has 0 aliphatic rings. The molecule has 8 heteroatoms. The van der Waals surface area contributed by atoms with Gasteiger partial charge in [-0.1, -0.05) is 39.8 Å². The molecule has 0 heterocycles. The third-order valence-electron chi connectivity index (χ3n) is 7.38. The number of hydrogen-bond acceptors (Lipinski definition) is 7. The van der Waals surface area contributed by atoms with Gasteiger partial charge in [-0.3, -0.25) is 4.79 Å². The first-order chi connectivity index (χ1) is 19.1. The zero-order chi connectivity index (χ0) is 29.7. The Morgan fingerprint density at radius 3 is 2.40 bits per heavy atom. The van der Waals surface area contributed by atoms with Crippen LogP contribution in [0.25, 0.3) is 0 Å². The third kappa shape index (κ3) is 10.5. The maximum absolute atomic E-state index is 13.1. The van der Waals surface area contributed by atoms with Crippen molar-refractivity contribution < 1.29 is 24.1 Å². The van der Waals surface area contributed by atoms with Crippen molar-refractivity contribution in [1.29, 1.82) is 5.26 Å². The second-order valence-corrected chi connectivity index (χ2v) is 11.1. The summed E-state index contributed by atoms with van der Waals surface area (Å²) in [7, 11) is 3.30. The van der Waals surface area contributed by atoms with Crippen LogP contribution in [0.3, 0.4) is 0 Å². The Labute approximate surface area is 239 Å². The lowest BCUT2D eigenvalue weighted by Crippen LogP contribution is -2.41. The van der Waals surface area contributed by atoms with Crippen LogP contribution in [0.4, 0.5) is 5.69 Å². The number of carbonyl (C=O) groups excluding carboxylic acids is 1. The van der Waals surface area contributed by atoms with Gasteiger partial charge in [0.1, 0.15) is 0 Å². The first-order valence-electron chi connectivity index (χ1n) is 14.1. The lowest BCUT2D eigenvalue weighted by Gasteiger charge is -2.30. The molecule has 0 aliphatic carbocycles. The van der Waals surface area contributed by atoms with E-state index in [-0.39, 0.29) is 24.2 Å². The monoisotopic (exact) mass is 553 g/mol. The fourth-order valence-corrected chi connectivity index (χ4v) is 4.77. The van der Waals surface area contributed by atoms with Crippen molar-refractivity contribution in [1.82, 2.24) is 0 Å². The highest BCUT2D eigenvalue weighted by Gasteiger charge is 2.30. The lowest BCUT2D eigenvalue weighted by atomic mass is 9.81. The highest BCUT2D eigenvalue weighted by molar-refractivity contribution is 5.92. The van der Waals surface area contributed by atoms with E-state index in [1.807, 2.05) is 32.0 Å². The number of ether oxygens (including phenoxy) is 3. The number of carbonyl (C=O) groups is 1. The van der Waals surface area contributed by atoms with E-state index in [0.29, 0.717) is 48.3 Å². The second-order valence-electron chi connectivity index (χ2n) is 11.1. The van der Waals surface area contributed by atoms with E-state index in [0.717, 1.165) is 18.4 Å². The maximum Gasteiger partial charge on any atom is 0.227 e. The van der Waals surface area contributed by atoms with E-state index in [1.165, 1.54) is 0 Å². The van der Waals surface area contributed by atoms with Gasteiger partial charge in [0.15, 0.2) is 11.5 Å². The summed E-state index contributed by atoms with van der Waals surface area (Å²) in [4.78, 5) is 13.1. The van der Waals surface area contributed by atoms with Gasteiger partial charge in [-0.05, 0) is 72.9 Å². The molecule has 0 saturated carbocycles. The van der Waals surface area contributed by atoms with E-state index < -0.39 is 18.1 Å². The minimum absolute atomic E-state index is 0.00324. The Hall–Kier alpha value is -3.12. The Bertz CT molecular complexity index is 1100. The Kier molecular flexibility index (Phi) is 13.9. The minimum Gasteiger partial charge on any atom is -0.493 e. The van der Waals surface area contributed by atoms with E-state index in [1.54, 1.807) is 38.5 Å². The van der Waals surface area contributed by atoms with Gasteiger partial charge in [0.25, 0.3) is 0 Å². The lowest BCUT2D eigenvalue weighted by molar-refractivity contribution is -0.122. The predicted molar refractivity (Wildman–Crippen MR) is 158 cm³/mol. The van der Waals surface area contributed by atoms with Gasteiger partial charge in [-0.15, -0.1) is 0 Å². The van der Waals surface area contributed by atoms with Crippen LogP contribution in [0.2, 0.25) is 0 Å². The molecule has 4 atom stereocenters. The van der Waals surface area contributed by atoms with Gasteiger partial charge in [0.2, 0.25) is 5.91 Å². The first kappa shape index (κ1) is 33.1. The molecular formula is C32H47N3O5. The van der Waals surface area contributed by atoms with Gasteiger partial charge in [0.05, 0.1) is 31.5 Å². The molecular weight excluding hydrogens is 506 g/mol. The molecule has 0 fully saturated rings. The van der Waals surface area contributed by atoms with Gasteiger partial charge >= 0.3 is 0 Å². The van der Waals surface area contributed by atoms with Crippen LogP contribution in [0.1, 0.15) is 58.1 Å². The molecule has 0 saturated heterocycles. The smallest absolute Gasteiger partial charge is 0.227 e. The number of amides is 1. The van der Waals surface area contributed by atoms with Gasteiger partial charge in [-0.25, -0.2) is 0 Å². The van der Waals surface area contributed by atoms with Crippen LogP contribution in [0.15, 0.2) is 42.5 Å². The fraction of sp³-hybridized carbons (Fsp3) is 0.562. The maximum atomic E-state index is 13.1. The number of methoxy groups -OCH3 is 2. The van der Waals surface area contributed by atoms with E-state index in [4.69, 9.17) is 25.2 Å².